The Balaban J connectivity index is 2.45. The summed E-state index contributed by atoms with van der Waals surface area (Å²) in [6.07, 6.45) is 4.86. The van der Waals surface area contributed by atoms with E-state index in [-0.39, 0.29) is 0 Å². The average molecular weight is 254 g/mol. The number of nitrogens with two attached hydrogens (primary N) is 1. The Morgan fingerprint density at radius 2 is 2.07 bits per heavy atom. The summed E-state index contributed by atoms with van der Waals surface area (Å²) < 4.78 is 0.887. The van der Waals surface area contributed by atoms with Gasteiger partial charge < -0.3 is 10.7 Å². The molecule has 0 bridgehead atoms. The summed E-state index contributed by atoms with van der Waals surface area (Å²) >= 11 is 3.43. The van der Waals surface area contributed by atoms with Crippen LogP contribution in [0.4, 0.5) is 5.82 Å². The van der Waals surface area contributed by atoms with Gasteiger partial charge in [-0.3, -0.25) is 0 Å². The summed E-state index contributed by atoms with van der Waals surface area (Å²) in [6.45, 7) is 0. The SMILES string of the molecule is N#Cc1c(N)[nH]c(Br)c1C1CCCC1. The first-order valence-corrected chi connectivity index (χ1v) is 5.60. The largest absolute Gasteiger partial charge is 0.384 e. The lowest BCUT2D eigenvalue weighted by atomic mass is 9.97. The number of aromatic amines is 1. The van der Waals surface area contributed by atoms with Gasteiger partial charge in [-0.15, -0.1) is 0 Å². The van der Waals surface area contributed by atoms with Crippen LogP contribution in [0.25, 0.3) is 0 Å². The van der Waals surface area contributed by atoms with Crippen LogP contribution in [0.15, 0.2) is 4.60 Å². The van der Waals surface area contributed by atoms with Gasteiger partial charge >= 0.3 is 0 Å². The van der Waals surface area contributed by atoms with E-state index in [1.165, 1.54) is 25.7 Å². The predicted octanol–water partition coefficient (Wildman–Crippen LogP) is 2.89. The molecule has 3 N–H and O–H groups in total. The van der Waals surface area contributed by atoms with Gasteiger partial charge in [0.15, 0.2) is 0 Å². The molecule has 14 heavy (non-hydrogen) atoms. The number of nitriles is 1. The van der Waals surface area contributed by atoms with Crippen molar-refractivity contribution in [3.63, 3.8) is 0 Å². The average Bonchev–Trinajstić information content (AvgIpc) is 2.72. The Kier molecular flexibility index (Phi) is 2.51. The van der Waals surface area contributed by atoms with E-state index < -0.39 is 0 Å². The highest BCUT2D eigenvalue weighted by Crippen LogP contribution is 2.40. The van der Waals surface area contributed by atoms with Crippen molar-refractivity contribution in [1.29, 1.82) is 5.26 Å². The molecule has 1 heterocycles. The van der Waals surface area contributed by atoms with Crippen LogP contribution in [-0.4, -0.2) is 4.98 Å². The zero-order chi connectivity index (χ0) is 10.1. The Morgan fingerprint density at radius 3 is 2.64 bits per heavy atom. The molecule has 2 rings (SSSR count). The van der Waals surface area contributed by atoms with Crippen LogP contribution in [0.3, 0.4) is 0 Å². The maximum absolute atomic E-state index is 9.00. The predicted molar refractivity (Wildman–Crippen MR) is 58.8 cm³/mol. The van der Waals surface area contributed by atoms with Crippen LogP contribution in [0.1, 0.15) is 42.7 Å². The van der Waals surface area contributed by atoms with E-state index in [1.54, 1.807) is 0 Å². The zero-order valence-electron chi connectivity index (χ0n) is 7.81. The van der Waals surface area contributed by atoms with Crippen molar-refractivity contribution in [2.45, 2.75) is 31.6 Å². The maximum atomic E-state index is 9.00. The molecule has 0 atom stereocenters. The lowest BCUT2D eigenvalue weighted by molar-refractivity contribution is 0.719. The summed E-state index contributed by atoms with van der Waals surface area (Å²) in [6, 6.07) is 2.18. The van der Waals surface area contributed by atoms with Gasteiger partial charge in [0.1, 0.15) is 11.9 Å². The first kappa shape index (κ1) is 9.60. The second kappa shape index (κ2) is 3.66. The molecule has 1 aliphatic rings. The molecule has 0 radical (unpaired) electrons. The quantitative estimate of drug-likeness (QED) is 0.809. The Morgan fingerprint density at radius 1 is 1.43 bits per heavy atom. The minimum absolute atomic E-state index is 0.487. The number of nitrogens with zero attached hydrogens (tertiary/aromatic N) is 1. The molecule has 1 aliphatic carbocycles. The summed E-state index contributed by atoms with van der Waals surface area (Å²) in [4.78, 5) is 2.98. The number of nitrogen functional groups attached to an aromatic ring is 1. The Labute approximate surface area is 91.4 Å². The van der Waals surface area contributed by atoms with Gasteiger partial charge in [-0.2, -0.15) is 5.26 Å². The summed E-state index contributed by atoms with van der Waals surface area (Å²) in [5.74, 6) is 0.994. The first-order valence-electron chi connectivity index (χ1n) is 4.81. The topological polar surface area (TPSA) is 65.6 Å². The highest BCUT2D eigenvalue weighted by atomic mass is 79.9. The number of aromatic nitrogens is 1. The number of hydrogen-bond donors (Lipinski definition) is 2. The lowest BCUT2D eigenvalue weighted by Crippen LogP contribution is -1.95. The van der Waals surface area contributed by atoms with Crippen molar-refractivity contribution in [2.24, 2.45) is 0 Å². The third kappa shape index (κ3) is 1.42. The van der Waals surface area contributed by atoms with Crippen molar-refractivity contribution in [3.8, 4) is 6.07 Å². The van der Waals surface area contributed by atoms with Crippen molar-refractivity contribution < 1.29 is 0 Å². The highest BCUT2D eigenvalue weighted by Gasteiger charge is 2.25. The molecule has 4 heteroatoms. The molecular formula is C10H12BrN3. The fourth-order valence-corrected chi connectivity index (χ4v) is 2.96. The molecule has 74 valence electrons. The van der Waals surface area contributed by atoms with Gasteiger partial charge in [0, 0.05) is 5.56 Å². The second-order valence-electron chi connectivity index (χ2n) is 3.73. The molecule has 0 aliphatic heterocycles. The Hall–Kier alpha value is -0.950. The second-order valence-corrected chi connectivity index (χ2v) is 4.53. The smallest absolute Gasteiger partial charge is 0.120 e. The van der Waals surface area contributed by atoms with E-state index in [0.29, 0.717) is 17.3 Å². The number of halogens is 1. The molecule has 0 spiro atoms. The minimum Gasteiger partial charge on any atom is -0.384 e. The number of nitrogens with one attached hydrogen (secondary N) is 1. The van der Waals surface area contributed by atoms with Gasteiger partial charge in [-0.25, -0.2) is 0 Å². The fraction of sp³-hybridized carbons (Fsp3) is 0.500. The number of rotatable bonds is 1. The maximum Gasteiger partial charge on any atom is 0.120 e. The molecule has 3 nitrogen and oxygen atoms in total. The van der Waals surface area contributed by atoms with E-state index in [9.17, 15) is 0 Å². The highest BCUT2D eigenvalue weighted by molar-refractivity contribution is 9.10. The normalized spacial score (nSPS) is 17.1. The van der Waals surface area contributed by atoms with Crippen LogP contribution in [0.5, 0.6) is 0 Å². The molecule has 1 saturated carbocycles. The van der Waals surface area contributed by atoms with Crippen LogP contribution in [0, 0.1) is 11.3 Å². The standard InChI is InChI=1S/C10H12BrN3/c11-9-8(6-3-1-2-4-6)7(5-12)10(13)14-9/h6,14H,1-4,13H2. The van der Waals surface area contributed by atoms with E-state index in [0.717, 1.165) is 10.2 Å². The minimum atomic E-state index is 0.487. The van der Waals surface area contributed by atoms with Crippen molar-refractivity contribution in [1.82, 2.24) is 4.98 Å². The molecule has 0 amide bonds. The van der Waals surface area contributed by atoms with Crippen molar-refractivity contribution in [2.75, 3.05) is 5.73 Å². The van der Waals surface area contributed by atoms with Gasteiger partial charge in [0.2, 0.25) is 0 Å². The monoisotopic (exact) mass is 253 g/mol. The fourth-order valence-electron chi connectivity index (χ4n) is 2.22. The number of H-pyrrole nitrogens is 1. The van der Waals surface area contributed by atoms with E-state index in [4.69, 9.17) is 11.0 Å². The van der Waals surface area contributed by atoms with E-state index >= 15 is 0 Å². The summed E-state index contributed by atoms with van der Waals surface area (Å²) in [5.41, 5.74) is 7.43. The van der Waals surface area contributed by atoms with E-state index in [1.807, 2.05) is 0 Å². The first-order chi connectivity index (χ1) is 6.74. The van der Waals surface area contributed by atoms with Gasteiger partial charge in [0.05, 0.1) is 10.2 Å². The van der Waals surface area contributed by atoms with Crippen LogP contribution in [-0.2, 0) is 0 Å². The molecular weight excluding hydrogens is 242 g/mol. The van der Waals surface area contributed by atoms with Crippen LogP contribution in [0.2, 0.25) is 0 Å². The molecule has 1 aromatic heterocycles. The van der Waals surface area contributed by atoms with Crippen LogP contribution < -0.4 is 5.73 Å². The lowest BCUT2D eigenvalue weighted by Gasteiger charge is -2.07. The van der Waals surface area contributed by atoms with Gasteiger partial charge in [-0.1, -0.05) is 12.8 Å². The zero-order valence-corrected chi connectivity index (χ0v) is 9.39. The molecule has 0 unspecified atom stereocenters. The third-order valence-corrected chi connectivity index (χ3v) is 3.52. The molecule has 1 fully saturated rings. The third-order valence-electron chi connectivity index (χ3n) is 2.89. The number of anilines is 1. The molecule has 1 aromatic rings. The van der Waals surface area contributed by atoms with Crippen LogP contribution >= 0.6 is 15.9 Å². The Bertz CT molecular complexity index is 383. The van der Waals surface area contributed by atoms with Crippen molar-refractivity contribution >= 4 is 21.7 Å². The molecule has 0 aromatic carbocycles. The van der Waals surface area contributed by atoms with Gasteiger partial charge in [0.25, 0.3) is 0 Å². The molecule has 0 saturated heterocycles. The van der Waals surface area contributed by atoms with Gasteiger partial charge in [-0.05, 0) is 34.7 Å². The van der Waals surface area contributed by atoms with E-state index in [2.05, 4.69) is 27.0 Å². The summed E-state index contributed by atoms with van der Waals surface area (Å²) in [5, 5.41) is 9.00. The number of hydrogen-bond acceptors (Lipinski definition) is 2. The van der Waals surface area contributed by atoms with Crippen molar-refractivity contribution in [3.05, 3.63) is 15.7 Å². The summed E-state index contributed by atoms with van der Waals surface area (Å²) in [7, 11) is 0.